The molecular weight excluding hydrogens is 370 g/mol. The molecule has 0 fully saturated rings. The fourth-order valence-electron chi connectivity index (χ4n) is 4.09. The van der Waals surface area contributed by atoms with Crippen molar-refractivity contribution in [3.63, 3.8) is 0 Å². The molecule has 2 aliphatic rings. The van der Waals surface area contributed by atoms with Gasteiger partial charge in [0.25, 0.3) is 5.91 Å². The molecule has 0 atom stereocenters. The Labute approximate surface area is 169 Å². The van der Waals surface area contributed by atoms with Crippen LogP contribution in [0.2, 0.25) is 0 Å². The molecule has 1 aliphatic carbocycles. The van der Waals surface area contributed by atoms with E-state index in [0.717, 1.165) is 50.9 Å². The number of amides is 2. The first-order chi connectivity index (χ1) is 14.1. The van der Waals surface area contributed by atoms with Gasteiger partial charge in [0.2, 0.25) is 5.91 Å². The van der Waals surface area contributed by atoms with E-state index in [1.165, 1.54) is 15.8 Å². The van der Waals surface area contributed by atoms with Gasteiger partial charge in [0.1, 0.15) is 5.82 Å². The summed E-state index contributed by atoms with van der Waals surface area (Å²) in [5, 5.41) is 9.83. The Morgan fingerprint density at radius 1 is 1.03 bits per heavy atom. The summed E-state index contributed by atoms with van der Waals surface area (Å²) < 4.78 is 3.24. The summed E-state index contributed by atoms with van der Waals surface area (Å²) in [5.74, 6) is 0.389. The van der Waals surface area contributed by atoms with E-state index >= 15 is 0 Å². The average Bonchev–Trinajstić information content (AvgIpc) is 3.33. The predicted octanol–water partition coefficient (Wildman–Crippen LogP) is 0.806. The van der Waals surface area contributed by atoms with E-state index in [9.17, 15) is 14.4 Å². The maximum atomic E-state index is 12.3. The highest BCUT2D eigenvalue weighted by molar-refractivity contribution is 5.96. The molecule has 2 amide bonds. The van der Waals surface area contributed by atoms with Gasteiger partial charge in [-0.05, 0) is 61.8 Å². The van der Waals surface area contributed by atoms with Crippen molar-refractivity contribution in [2.45, 2.75) is 58.0 Å². The van der Waals surface area contributed by atoms with Crippen molar-refractivity contribution < 1.29 is 9.59 Å². The van der Waals surface area contributed by atoms with Crippen LogP contribution < -0.4 is 16.3 Å². The zero-order chi connectivity index (χ0) is 20.2. The molecular formula is C21H27N5O3. The van der Waals surface area contributed by atoms with Crippen LogP contribution in [-0.2, 0) is 37.1 Å². The summed E-state index contributed by atoms with van der Waals surface area (Å²) in [6, 6.07) is 5.75. The Morgan fingerprint density at radius 2 is 1.90 bits per heavy atom. The number of carbonyl (C=O) groups excluding carboxylic acids is 2. The highest BCUT2D eigenvalue weighted by atomic mass is 16.2. The lowest BCUT2D eigenvalue weighted by molar-refractivity contribution is -0.120. The minimum absolute atomic E-state index is 0.0609. The van der Waals surface area contributed by atoms with Gasteiger partial charge >= 0.3 is 5.69 Å². The minimum Gasteiger partial charge on any atom is -0.355 e. The third-order valence-corrected chi connectivity index (χ3v) is 5.67. The molecule has 2 aromatic rings. The van der Waals surface area contributed by atoms with E-state index in [1.807, 2.05) is 18.2 Å². The highest BCUT2D eigenvalue weighted by Gasteiger charge is 2.17. The molecule has 1 aliphatic heterocycles. The number of benzene rings is 1. The van der Waals surface area contributed by atoms with Crippen molar-refractivity contribution >= 4 is 11.8 Å². The third kappa shape index (κ3) is 4.41. The maximum Gasteiger partial charge on any atom is 0.345 e. The van der Waals surface area contributed by atoms with Gasteiger partial charge in [-0.15, -0.1) is 0 Å². The number of aromatic nitrogens is 3. The first-order valence-electron chi connectivity index (χ1n) is 10.4. The lowest BCUT2D eigenvalue weighted by Gasteiger charge is -2.09. The summed E-state index contributed by atoms with van der Waals surface area (Å²) in [5.41, 5.74) is 3.09. The van der Waals surface area contributed by atoms with Crippen LogP contribution in [0.15, 0.2) is 23.0 Å². The molecule has 29 heavy (non-hydrogen) atoms. The first kappa shape index (κ1) is 19.4. The fraction of sp³-hybridized carbons (Fsp3) is 0.524. The van der Waals surface area contributed by atoms with E-state index in [4.69, 9.17) is 0 Å². The molecule has 0 spiro atoms. The maximum absolute atomic E-state index is 12.3. The van der Waals surface area contributed by atoms with Gasteiger partial charge in [-0.1, -0.05) is 6.07 Å². The molecule has 0 unspecified atom stereocenters. The molecule has 8 heteroatoms. The van der Waals surface area contributed by atoms with Gasteiger partial charge < -0.3 is 10.6 Å². The van der Waals surface area contributed by atoms with Crippen LogP contribution in [0.3, 0.4) is 0 Å². The second-order valence-corrected chi connectivity index (χ2v) is 7.75. The Bertz CT molecular complexity index is 975. The molecule has 0 bridgehead atoms. The van der Waals surface area contributed by atoms with Gasteiger partial charge in [-0.2, -0.15) is 5.10 Å². The number of hydrogen-bond acceptors (Lipinski definition) is 4. The van der Waals surface area contributed by atoms with Crippen molar-refractivity contribution in [2.75, 3.05) is 13.1 Å². The summed E-state index contributed by atoms with van der Waals surface area (Å²) in [7, 11) is 0. The first-order valence-corrected chi connectivity index (χ1v) is 10.4. The molecule has 8 nitrogen and oxygen atoms in total. The SMILES string of the molecule is O=C(CNC(=O)c1ccc2c(c1)CCC2)NCCCn1nc2n(c1=O)CCCC2. The molecule has 0 radical (unpaired) electrons. The Kier molecular flexibility index (Phi) is 5.78. The zero-order valence-electron chi connectivity index (χ0n) is 16.6. The van der Waals surface area contributed by atoms with E-state index in [1.54, 1.807) is 4.57 Å². The molecule has 2 heterocycles. The number of nitrogens with zero attached hydrogens (tertiary/aromatic N) is 3. The monoisotopic (exact) mass is 397 g/mol. The van der Waals surface area contributed by atoms with Crippen LogP contribution in [0.5, 0.6) is 0 Å². The largest absolute Gasteiger partial charge is 0.355 e. The normalized spacial score (nSPS) is 14.9. The van der Waals surface area contributed by atoms with Crippen LogP contribution in [0.25, 0.3) is 0 Å². The zero-order valence-corrected chi connectivity index (χ0v) is 16.6. The van der Waals surface area contributed by atoms with E-state index < -0.39 is 0 Å². The van der Waals surface area contributed by atoms with Crippen molar-refractivity contribution in [1.82, 2.24) is 25.0 Å². The summed E-state index contributed by atoms with van der Waals surface area (Å²) in [6.45, 7) is 1.59. The van der Waals surface area contributed by atoms with Crippen LogP contribution in [0, 0.1) is 0 Å². The smallest absolute Gasteiger partial charge is 0.345 e. The minimum atomic E-state index is -0.240. The second kappa shape index (κ2) is 8.63. The van der Waals surface area contributed by atoms with Crippen LogP contribution in [-0.4, -0.2) is 39.3 Å². The van der Waals surface area contributed by atoms with Crippen LogP contribution >= 0.6 is 0 Å². The number of carbonyl (C=O) groups is 2. The van der Waals surface area contributed by atoms with Crippen LogP contribution in [0.4, 0.5) is 0 Å². The number of aryl methyl sites for hydroxylation is 4. The number of fused-ring (bicyclic) bond motifs is 2. The average molecular weight is 397 g/mol. The second-order valence-electron chi connectivity index (χ2n) is 7.75. The topological polar surface area (TPSA) is 98.0 Å². The Morgan fingerprint density at radius 3 is 2.76 bits per heavy atom. The van der Waals surface area contributed by atoms with E-state index in [2.05, 4.69) is 15.7 Å². The quantitative estimate of drug-likeness (QED) is 0.676. The molecule has 4 rings (SSSR count). The Hall–Kier alpha value is -2.90. The number of rotatable bonds is 7. The van der Waals surface area contributed by atoms with Crippen molar-refractivity contribution in [1.29, 1.82) is 0 Å². The van der Waals surface area contributed by atoms with Gasteiger partial charge in [-0.3, -0.25) is 14.2 Å². The van der Waals surface area contributed by atoms with Gasteiger partial charge in [0.15, 0.2) is 0 Å². The van der Waals surface area contributed by atoms with Crippen molar-refractivity contribution in [3.8, 4) is 0 Å². The van der Waals surface area contributed by atoms with E-state index in [-0.39, 0.29) is 24.0 Å². The fourth-order valence-corrected chi connectivity index (χ4v) is 4.09. The molecule has 2 N–H and O–H groups in total. The number of hydrogen-bond donors (Lipinski definition) is 2. The lowest BCUT2D eigenvalue weighted by Crippen LogP contribution is -2.37. The molecule has 1 aromatic heterocycles. The van der Waals surface area contributed by atoms with Crippen molar-refractivity contribution in [2.24, 2.45) is 0 Å². The summed E-state index contributed by atoms with van der Waals surface area (Å²) in [6.07, 6.45) is 6.78. The van der Waals surface area contributed by atoms with Crippen molar-refractivity contribution in [3.05, 3.63) is 51.2 Å². The highest BCUT2D eigenvalue weighted by Crippen LogP contribution is 2.22. The summed E-state index contributed by atoms with van der Waals surface area (Å²) in [4.78, 5) is 36.5. The Balaban J connectivity index is 1.18. The van der Waals surface area contributed by atoms with Gasteiger partial charge in [-0.25, -0.2) is 9.48 Å². The number of nitrogens with one attached hydrogen (secondary N) is 2. The molecule has 1 aromatic carbocycles. The predicted molar refractivity (Wildman–Crippen MR) is 108 cm³/mol. The van der Waals surface area contributed by atoms with Gasteiger partial charge in [0.05, 0.1) is 6.54 Å². The standard InChI is InChI=1S/C21H27N5O3/c27-19(14-23-20(28)17-9-8-15-5-3-6-16(15)13-17)22-10-4-12-26-21(29)25-11-2-1-7-18(25)24-26/h8-9,13H,1-7,10-12,14H2,(H,22,27)(H,23,28). The molecule has 0 saturated heterocycles. The molecule has 154 valence electrons. The third-order valence-electron chi connectivity index (χ3n) is 5.67. The lowest BCUT2D eigenvalue weighted by atomic mass is 10.1. The van der Waals surface area contributed by atoms with Crippen LogP contribution in [0.1, 0.15) is 53.0 Å². The molecule has 0 saturated carbocycles. The van der Waals surface area contributed by atoms with E-state index in [0.29, 0.717) is 25.1 Å². The summed E-state index contributed by atoms with van der Waals surface area (Å²) >= 11 is 0. The van der Waals surface area contributed by atoms with Gasteiger partial charge in [0, 0.05) is 31.6 Å².